The highest BCUT2D eigenvalue weighted by molar-refractivity contribution is 5.25. The Hall–Kier alpha value is -1.02. The fraction of sp³-hybridized carbons (Fsp3) is 0.684. The molecule has 0 radical (unpaired) electrons. The topological polar surface area (TPSA) is 32.3 Å². The first-order valence-corrected chi connectivity index (χ1v) is 8.69. The van der Waals surface area contributed by atoms with E-state index in [4.69, 9.17) is 0 Å². The predicted octanol–water partition coefficient (Wildman–Crippen LogP) is 4.66. The van der Waals surface area contributed by atoms with Crippen molar-refractivity contribution in [2.45, 2.75) is 77.3 Å². The Labute approximate surface area is 130 Å². The van der Waals surface area contributed by atoms with Gasteiger partial charge in [-0.2, -0.15) is 0 Å². The van der Waals surface area contributed by atoms with Crippen molar-refractivity contribution in [3.8, 4) is 5.75 Å². The largest absolute Gasteiger partial charge is 0.508 e. The van der Waals surface area contributed by atoms with E-state index in [2.05, 4.69) is 19.2 Å². The van der Waals surface area contributed by atoms with Crippen molar-refractivity contribution >= 4 is 0 Å². The summed E-state index contributed by atoms with van der Waals surface area (Å²) in [5.74, 6) is 1.22. The molecule has 0 amide bonds. The summed E-state index contributed by atoms with van der Waals surface area (Å²) < 4.78 is 0. The van der Waals surface area contributed by atoms with Crippen molar-refractivity contribution in [1.82, 2.24) is 5.32 Å². The predicted molar refractivity (Wildman–Crippen MR) is 89.7 cm³/mol. The van der Waals surface area contributed by atoms with E-state index in [0.29, 0.717) is 17.8 Å². The molecule has 0 aliphatic heterocycles. The molecular weight excluding hydrogens is 258 g/mol. The van der Waals surface area contributed by atoms with Crippen molar-refractivity contribution in [2.24, 2.45) is 5.92 Å². The van der Waals surface area contributed by atoms with Gasteiger partial charge in [0, 0.05) is 12.1 Å². The second kappa shape index (κ2) is 8.43. The van der Waals surface area contributed by atoms with Gasteiger partial charge in [0.25, 0.3) is 0 Å². The standard InChI is InChI=1S/C19H31NO/c1-15(9-10-17-11-13-19(21)14-12-17)20-16(2)18-7-5-3-4-6-8-18/h11-16,18,20-21H,3-10H2,1-2H3/t15?,16-/m1/s1. The molecule has 2 heteroatoms. The van der Waals surface area contributed by atoms with Crippen LogP contribution in [0.5, 0.6) is 5.75 Å². The lowest BCUT2D eigenvalue weighted by Gasteiger charge is -2.27. The Kier molecular flexibility index (Phi) is 6.56. The summed E-state index contributed by atoms with van der Waals surface area (Å²) in [6.45, 7) is 4.67. The molecule has 2 rings (SSSR count). The van der Waals surface area contributed by atoms with Crippen LogP contribution in [0.15, 0.2) is 24.3 Å². The van der Waals surface area contributed by atoms with Gasteiger partial charge in [-0.1, -0.05) is 37.8 Å². The van der Waals surface area contributed by atoms with Gasteiger partial charge in [0.05, 0.1) is 0 Å². The zero-order valence-electron chi connectivity index (χ0n) is 13.6. The molecule has 2 nitrogen and oxygen atoms in total. The molecular formula is C19H31NO. The minimum absolute atomic E-state index is 0.354. The van der Waals surface area contributed by atoms with Gasteiger partial charge in [0.1, 0.15) is 5.75 Å². The lowest BCUT2D eigenvalue weighted by Crippen LogP contribution is -2.39. The first kappa shape index (κ1) is 16.4. The van der Waals surface area contributed by atoms with Crippen LogP contribution in [0.1, 0.15) is 64.4 Å². The second-order valence-electron chi connectivity index (χ2n) is 6.81. The van der Waals surface area contributed by atoms with E-state index in [-0.39, 0.29) is 0 Å². The van der Waals surface area contributed by atoms with Crippen molar-refractivity contribution in [1.29, 1.82) is 0 Å². The molecule has 1 saturated carbocycles. The number of hydrogen-bond acceptors (Lipinski definition) is 2. The van der Waals surface area contributed by atoms with Crippen LogP contribution >= 0.6 is 0 Å². The molecule has 0 spiro atoms. The summed E-state index contributed by atoms with van der Waals surface area (Å²) >= 11 is 0. The molecule has 2 atom stereocenters. The van der Waals surface area contributed by atoms with Crippen molar-refractivity contribution in [2.75, 3.05) is 0 Å². The highest BCUT2D eigenvalue weighted by atomic mass is 16.3. The SMILES string of the molecule is CC(CCc1ccc(O)cc1)N[C@H](C)C1CCCCCC1. The van der Waals surface area contributed by atoms with Gasteiger partial charge in [0.2, 0.25) is 0 Å². The third-order valence-electron chi connectivity index (χ3n) is 4.96. The summed E-state index contributed by atoms with van der Waals surface area (Å²) in [6, 6.07) is 8.80. The number of benzene rings is 1. The summed E-state index contributed by atoms with van der Waals surface area (Å²) in [5, 5.41) is 13.1. The van der Waals surface area contributed by atoms with Gasteiger partial charge in [0.15, 0.2) is 0 Å². The second-order valence-corrected chi connectivity index (χ2v) is 6.81. The Morgan fingerprint density at radius 1 is 1.05 bits per heavy atom. The van der Waals surface area contributed by atoms with E-state index in [1.165, 1.54) is 44.1 Å². The molecule has 2 N–H and O–H groups in total. The lowest BCUT2D eigenvalue weighted by molar-refractivity contribution is 0.309. The number of aryl methyl sites for hydroxylation is 1. The summed E-state index contributed by atoms with van der Waals surface area (Å²) in [4.78, 5) is 0. The molecule has 1 fully saturated rings. The van der Waals surface area contributed by atoms with Crippen molar-refractivity contribution in [3.63, 3.8) is 0 Å². The third-order valence-corrected chi connectivity index (χ3v) is 4.96. The zero-order chi connectivity index (χ0) is 15.1. The van der Waals surface area contributed by atoms with Crippen LogP contribution in [0, 0.1) is 5.92 Å². The molecule has 0 bridgehead atoms. The molecule has 1 aliphatic rings. The first-order chi connectivity index (χ1) is 10.1. The van der Waals surface area contributed by atoms with Crippen LogP contribution in [-0.2, 0) is 6.42 Å². The van der Waals surface area contributed by atoms with E-state index in [1.54, 1.807) is 12.1 Å². The van der Waals surface area contributed by atoms with Crippen molar-refractivity contribution in [3.05, 3.63) is 29.8 Å². The van der Waals surface area contributed by atoms with Crippen LogP contribution < -0.4 is 5.32 Å². The van der Waals surface area contributed by atoms with Crippen LogP contribution in [-0.4, -0.2) is 17.2 Å². The molecule has 0 aromatic heterocycles. The number of phenols is 1. The van der Waals surface area contributed by atoms with Gasteiger partial charge in [-0.3, -0.25) is 0 Å². The van der Waals surface area contributed by atoms with E-state index < -0.39 is 0 Å². The maximum absolute atomic E-state index is 9.31. The van der Waals surface area contributed by atoms with Crippen LogP contribution in [0.4, 0.5) is 0 Å². The monoisotopic (exact) mass is 289 g/mol. The zero-order valence-corrected chi connectivity index (χ0v) is 13.6. The smallest absolute Gasteiger partial charge is 0.115 e. The molecule has 1 aromatic rings. The lowest BCUT2D eigenvalue weighted by atomic mass is 9.92. The van der Waals surface area contributed by atoms with Gasteiger partial charge in [-0.25, -0.2) is 0 Å². The quantitative estimate of drug-likeness (QED) is 0.746. The highest BCUT2D eigenvalue weighted by Gasteiger charge is 2.20. The molecule has 1 unspecified atom stereocenters. The molecule has 1 aromatic carbocycles. The van der Waals surface area contributed by atoms with Crippen molar-refractivity contribution < 1.29 is 5.11 Å². The summed E-state index contributed by atoms with van der Waals surface area (Å²) in [5.41, 5.74) is 1.31. The van der Waals surface area contributed by atoms with Crippen LogP contribution in [0.3, 0.4) is 0 Å². The normalized spacial score (nSPS) is 19.9. The highest BCUT2D eigenvalue weighted by Crippen LogP contribution is 2.25. The summed E-state index contributed by atoms with van der Waals surface area (Å²) in [6.07, 6.45) is 10.7. The molecule has 0 heterocycles. The van der Waals surface area contributed by atoms with Crippen LogP contribution in [0.25, 0.3) is 0 Å². The Balaban J connectivity index is 1.72. The minimum Gasteiger partial charge on any atom is -0.508 e. The minimum atomic E-state index is 0.354. The first-order valence-electron chi connectivity index (χ1n) is 8.69. The third kappa shape index (κ3) is 5.70. The maximum atomic E-state index is 9.31. The molecule has 1 aliphatic carbocycles. The van der Waals surface area contributed by atoms with Gasteiger partial charge >= 0.3 is 0 Å². The fourth-order valence-electron chi connectivity index (χ4n) is 3.52. The maximum Gasteiger partial charge on any atom is 0.115 e. The Morgan fingerprint density at radius 2 is 1.67 bits per heavy atom. The fourth-order valence-corrected chi connectivity index (χ4v) is 3.52. The molecule has 118 valence electrons. The molecule has 0 saturated heterocycles. The van der Waals surface area contributed by atoms with Crippen LogP contribution in [0.2, 0.25) is 0 Å². The summed E-state index contributed by atoms with van der Waals surface area (Å²) in [7, 11) is 0. The number of nitrogens with one attached hydrogen (secondary N) is 1. The number of phenolic OH excluding ortho intramolecular Hbond substituents is 1. The molecule has 21 heavy (non-hydrogen) atoms. The number of aromatic hydroxyl groups is 1. The average Bonchev–Trinajstić information content (AvgIpc) is 2.76. The Morgan fingerprint density at radius 3 is 2.29 bits per heavy atom. The van der Waals surface area contributed by atoms with Gasteiger partial charge in [-0.05, 0) is 63.1 Å². The number of rotatable bonds is 6. The van der Waals surface area contributed by atoms with E-state index in [9.17, 15) is 5.11 Å². The van der Waals surface area contributed by atoms with E-state index in [0.717, 1.165) is 18.8 Å². The van der Waals surface area contributed by atoms with E-state index in [1.807, 2.05) is 12.1 Å². The van der Waals surface area contributed by atoms with E-state index >= 15 is 0 Å². The Bertz CT molecular complexity index is 393. The number of hydrogen-bond donors (Lipinski definition) is 2. The average molecular weight is 289 g/mol. The van der Waals surface area contributed by atoms with Gasteiger partial charge < -0.3 is 10.4 Å². The van der Waals surface area contributed by atoms with Gasteiger partial charge in [-0.15, -0.1) is 0 Å².